The molecule has 0 aliphatic carbocycles. The van der Waals surface area contributed by atoms with Crippen LogP contribution in [-0.2, 0) is 0 Å². The van der Waals surface area contributed by atoms with Crippen molar-refractivity contribution in [2.24, 2.45) is 0 Å². The number of pyridine rings is 1. The van der Waals surface area contributed by atoms with Crippen molar-refractivity contribution in [1.29, 1.82) is 0 Å². The molecule has 0 saturated carbocycles. The number of aromatic nitrogens is 1. The minimum absolute atomic E-state index is 0.660. The molecule has 3 heteroatoms. The molecule has 2 nitrogen and oxygen atoms in total. The number of rotatable bonds is 4. The highest BCUT2D eigenvalue weighted by Crippen LogP contribution is 2.16. The fraction of sp³-hybridized carbons (Fsp3) is 0.300. The minimum atomic E-state index is 0.660. The van der Waals surface area contributed by atoms with Crippen LogP contribution in [0.4, 0.5) is 5.82 Å². The smallest absolute Gasteiger partial charge is 0.144 e. The molecule has 0 fully saturated rings. The van der Waals surface area contributed by atoms with Crippen molar-refractivity contribution in [2.45, 2.75) is 13.3 Å². The molecule has 1 aromatic heterocycles. The maximum Gasteiger partial charge on any atom is 0.144 e. The first-order valence-corrected chi connectivity index (χ1v) is 4.71. The van der Waals surface area contributed by atoms with Crippen LogP contribution in [0, 0.1) is 0 Å². The summed E-state index contributed by atoms with van der Waals surface area (Å²) >= 11 is 5.89. The van der Waals surface area contributed by atoms with Crippen molar-refractivity contribution in [3.05, 3.63) is 35.5 Å². The molecule has 0 saturated heterocycles. The van der Waals surface area contributed by atoms with Crippen LogP contribution in [0.3, 0.4) is 0 Å². The quantitative estimate of drug-likeness (QED) is 0.749. The fourth-order valence-electron chi connectivity index (χ4n) is 0.921. The lowest BCUT2D eigenvalue weighted by Crippen LogP contribution is -2.00. The molecule has 70 valence electrons. The molecule has 0 unspecified atom stereocenters. The summed E-state index contributed by atoms with van der Waals surface area (Å²) in [6.45, 7) is 2.87. The van der Waals surface area contributed by atoms with E-state index in [0.717, 1.165) is 18.8 Å². The second-order valence-electron chi connectivity index (χ2n) is 2.59. The zero-order chi connectivity index (χ0) is 9.52. The Labute approximate surface area is 83.6 Å². The molecular weight excluding hydrogens is 184 g/mol. The monoisotopic (exact) mass is 196 g/mol. The van der Waals surface area contributed by atoms with E-state index < -0.39 is 0 Å². The molecular formula is C10H13ClN2. The van der Waals surface area contributed by atoms with Crippen LogP contribution >= 0.6 is 11.6 Å². The van der Waals surface area contributed by atoms with E-state index in [-0.39, 0.29) is 0 Å². The Morgan fingerprint density at radius 3 is 3.08 bits per heavy atom. The van der Waals surface area contributed by atoms with Gasteiger partial charge < -0.3 is 5.32 Å². The molecule has 0 aliphatic heterocycles. The molecule has 0 amide bonds. The second kappa shape index (κ2) is 5.60. The molecule has 0 bridgehead atoms. The van der Waals surface area contributed by atoms with Crippen LogP contribution in [0.2, 0.25) is 5.02 Å². The van der Waals surface area contributed by atoms with E-state index in [9.17, 15) is 0 Å². The Bertz CT molecular complexity index is 284. The van der Waals surface area contributed by atoms with Gasteiger partial charge in [-0.3, -0.25) is 0 Å². The third-order valence-electron chi connectivity index (χ3n) is 1.55. The molecule has 0 aromatic carbocycles. The lowest BCUT2D eigenvalue weighted by atomic mass is 10.4. The Kier molecular flexibility index (Phi) is 4.33. The van der Waals surface area contributed by atoms with E-state index in [1.807, 2.05) is 12.1 Å². The average molecular weight is 197 g/mol. The SMILES string of the molecule is CC/C=C/CNc1ncccc1Cl. The van der Waals surface area contributed by atoms with Gasteiger partial charge in [-0.05, 0) is 18.6 Å². The number of allylic oxidation sites excluding steroid dienone is 1. The first-order chi connectivity index (χ1) is 6.34. The van der Waals surface area contributed by atoms with Gasteiger partial charge in [-0.25, -0.2) is 4.98 Å². The zero-order valence-electron chi connectivity index (χ0n) is 7.63. The number of hydrogen-bond acceptors (Lipinski definition) is 2. The predicted molar refractivity (Wildman–Crippen MR) is 57.2 cm³/mol. The maximum atomic E-state index is 5.89. The fourth-order valence-corrected chi connectivity index (χ4v) is 1.11. The molecule has 0 atom stereocenters. The number of hydrogen-bond donors (Lipinski definition) is 1. The lowest BCUT2D eigenvalue weighted by Gasteiger charge is -2.02. The summed E-state index contributed by atoms with van der Waals surface area (Å²) in [4.78, 5) is 4.10. The lowest BCUT2D eigenvalue weighted by molar-refractivity contribution is 1.18. The first-order valence-electron chi connectivity index (χ1n) is 4.34. The number of halogens is 1. The van der Waals surface area contributed by atoms with Crippen molar-refractivity contribution in [3.8, 4) is 0 Å². The van der Waals surface area contributed by atoms with Gasteiger partial charge in [0.15, 0.2) is 0 Å². The van der Waals surface area contributed by atoms with Crippen LogP contribution in [0.15, 0.2) is 30.5 Å². The highest BCUT2D eigenvalue weighted by molar-refractivity contribution is 6.32. The van der Waals surface area contributed by atoms with Gasteiger partial charge in [-0.2, -0.15) is 0 Å². The van der Waals surface area contributed by atoms with Gasteiger partial charge in [0.1, 0.15) is 5.82 Å². The summed E-state index contributed by atoms with van der Waals surface area (Å²) in [6.07, 6.45) is 6.93. The van der Waals surface area contributed by atoms with Crippen LogP contribution in [0.5, 0.6) is 0 Å². The Balaban J connectivity index is 2.45. The van der Waals surface area contributed by atoms with Crippen LogP contribution < -0.4 is 5.32 Å². The highest BCUT2D eigenvalue weighted by Gasteiger charge is 1.96. The number of nitrogens with one attached hydrogen (secondary N) is 1. The maximum absolute atomic E-state index is 5.89. The summed E-state index contributed by atoms with van der Waals surface area (Å²) in [5, 5.41) is 3.78. The number of nitrogens with zero attached hydrogens (tertiary/aromatic N) is 1. The highest BCUT2D eigenvalue weighted by atomic mass is 35.5. The van der Waals surface area contributed by atoms with Crippen LogP contribution in [0.25, 0.3) is 0 Å². The second-order valence-corrected chi connectivity index (χ2v) is 3.00. The first kappa shape index (κ1) is 10.1. The van der Waals surface area contributed by atoms with Gasteiger partial charge in [-0.1, -0.05) is 30.7 Å². The van der Waals surface area contributed by atoms with E-state index in [2.05, 4.69) is 29.4 Å². The Morgan fingerprint density at radius 2 is 2.38 bits per heavy atom. The van der Waals surface area contributed by atoms with Gasteiger partial charge in [0.25, 0.3) is 0 Å². The normalized spacial score (nSPS) is 10.6. The van der Waals surface area contributed by atoms with E-state index in [1.54, 1.807) is 6.20 Å². The van der Waals surface area contributed by atoms with Crippen molar-refractivity contribution in [2.75, 3.05) is 11.9 Å². The predicted octanol–water partition coefficient (Wildman–Crippen LogP) is 3.11. The Hall–Kier alpha value is -1.02. The van der Waals surface area contributed by atoms with Crippen molar-refractivity contribution < 1.29 is 0 Å². The van der Waals surface area contributed by atoms with Crippen LogP contribution in [-0.4, -0.2) is 11.5 Å². The summed E-state index contributed by atoms with van der Waals surface area (Å²) in [5.41, 5.74) is 0. The summed E-state index contributed by atoms with van der Waals surface area (Å²) in [7, 11) is 0. The molecule has 0 spiro atoms. The van der Waals surface area contributed by atoms with E-state index in [1.165, 1.54) is 0 Å². The summed E-state index contributed by atoms with van der Waals surface area (Å²) < 4.78 is 0. The van der Waals surface area contributed by atoms with Crippen LogP contribution in [0.1, 0.15) is 13.3 Å². The average Bonchev–Trinajstić information content (AvgIpc) is 2.15. The largest absolute Gasteiger partial charge is 0.365 e. The van der Waals surface area contributed by atoms with Crippen molar-refractivity contribution in [1.82, 2.24) is 4.98 Å². The van der Waals surface area contributed by atoms with E-state index in [0.29, 0.717) is 5.02 Å². The standard InChI is InChI=1S/C10H13ClN2/c1-2-3-4-7-12-10-9(11)6-5-8-13-10/h3-6,8H,2,7H2,1H3,(H,12,13)/b4-3+. The molecule has 1 heterocycles. The molecule has 0 radical (unpaired) electrons. The Morgan fingerprint density at radius 1 is 1.54 bits per heavy atom. The van der Waals surface area contributed by atoms with Gasteiger partial charge in [0.05, 0.1) is 5.02 Å². The summed E-state index contributed by atoms with van der Waals surface area (Å²) in [5.74, 6) is 0.741. The van der Waals surface area contributed by atoms with Gasteiger partial charge in [0.2, 0.25) is 0 Å². The molecule has 0 aliphatic rings. The van der Waals surface area contributed by atoms with Crippen molar-refractivity contribution in [3.63, 3.8) is 0 Å². The van der Waals surface area contributed by atoms with Gasteiger partial charge >= 0.3 is 0 Å². The molecule has 13 heavy (non-hydrogen) atoms. The molecule has 1 N–H and O–H groups in total. The van der Waals surface area contributed by atoms with Gasteiger partial charge in [0, 0.05) is 12.7 Å². The molecule has 1 rings (SSSR count). The third-order valence-corrected chi connectivity index (χ3v) is 1.85. The van der Waals surface area contributed by atoms with Gasteiger partial charge in [-0.15, -0.1) is 0 Å². The summed E-state index contributed by atoms with van der Waals surface area (Å²) in [6, 6.07) is 3.63. The molecule has 1 aromatic rings. The number of anilines is 1. The topological polar surface area (TPSA) is 24.9 Å². The zero-order valence-corrected chi connectivity index (χ0v) is 8.38. The minimum Gasteiger partial charge on any atom is -0.365 e. The van der Waals surface area contributed by atoms with E-state index in [4.69, 9.17) is 11.6 Å². The third kappa shape index (κ3) is 3.47. The van der Waals surface area contributed by atoms with Crippen molar-refractivity contribution >= 4 is 17.4 Å². The van der Waals surface area contributed by atoms with E-state index >= 15 is 0 Å².